The van der Waals surface area contributed by atoms with E-state index in [4.69, 9.17) is 19.1 Å². The van der Waals surface area contributed by atoms with Crippen molar-refractivity contribution >= 4 is 172 Å². The SMILES string of the molecule is O=P(O)(O)C(CCCc1cccc(Oc2ccc(O)cc2)c1)S(=O)(=O)O.[K].[K].[K]. The second-order valence-electron chi connectivity index (χ2n) is 5.69. The Morgan fingerprint density at radius 1 is 0.966 bits per heavy atom. The molecule has 0 fully saturated rings. The van der Waals surface area contributed by atoms with Crippen LogP contribution in [0.5, 0.6) is 17.2 Å². The first kappa shape index (κ1) is 34.2. The van der Waals surface area contributed by atoms with Crippen molar-refractivity contribution in [1.82, 2.24) is 0 Å². The van der Waals surface area contributed by atoms with Gasteiger partial charge in [-0.25, -0.2) is 0 Å². The molecule has 2 aromatic carbocycles. The van der Waals surface area contributed by atoms with Gasteiger partial charge in [0.25, 0.3) is 10.1 Å². The number of phenolic OH excluding ortho intramolecular Hbond substituents is 1. The van der Waals surface area contributed by atoms with E-state index >= 15 is 0 Å². The summed E-state index contributed by atoms with van der Waals surface area (Å²) < 4.78 is 48.1. The molecule has 2 rings (SSSR count). The average molecular weight is 520 g/mol. The van der Waals surface area contributed by atoms with Crippen LogP contribution in [-0.4, -0.2) is 187 Å². The number of hydrogen-bond acceptors (Lipinski definition) is 5. The predicted molar refractivity (Wildman–Crippen MR) is 112 cm³/mol. The number of benzene rings is 2. The van der Waals surface area contributed by atoms with Gasteiger partial charge in [-0.15, -0.1) is 0 Å². The molecule has 145 valence electrons. The number of hydrogen-bond donors (Lipinski definition) is 4. The van der Waals surface area contributed by atoms with E-state index in [1.165, 1.54) is 12.1 Å². The summed E-state index contributed by atoms with van der Waals surface area (Å²) in [5.41, 5.74) is 0.779. The van der Waals surface area contributed by atoms with E-state index in [0.717, 1.165) is 5.56 Å². The van der Waals surface area contributed by atoms with Crippen molar-refractivity contribution in [2.75, 3.05) is 0 Å². The molecule has 8 nitrogen and oxygen atoms in total. The topological polar surface area (TPSA) is 141 Å². The van der Waals surface area contributed by atoms with Crippen LogP contribution in [0.2, 0.25) is 0 Å². The average Bonchev–Trinajstić information content (AvgIpc) is 2.52. The fraction of sp³-hybridized carbons (Fsp3) is 0.250. The number of phenols is 1. The molecule has 0 aromatic heterocycles. The largest absolute Gasteiger partial charge is 0.508 e. The van der Waals surface area contributed by atoms with E-state index in [2.05, 4.69) is 0 Å². The second-order valence-corrected chi connectivity index (χ2v) is 9.44. The van der Waals surface area contributed by atoms with E-state index in [1.807, 2.05) is 0 Å². The van der Waals surface area contributed by atoms with Crippen molar-refractivity contribution in [1.29, 1.82) is 0 Å². The Morgan fingerprint density at radius 2 is 1.55 bits per heavy atom. The predicted octanol–water partition coefficient (Wildman–Crippen LogP) is 1.76. The molecule has 2 aromatic rings. The third kappa shape index (κ3) is 12.9. The smallest absolute Gasteiger partial charge is 0.346 e. The van der Waals surface area contributed by atoms with Gasteiger partial charge in [0, 0.05) is 154 Å². The Bertz CT molecular complexity index is 903. The third-order valence-corrected chi connectivity index (χ3v) is 7.16. The summed E-state index contributed by atoms with van der Waals surface area (Å²) in [6.45, 7) is 0. The Hall–Kier alpha value is 3.01. The zero-order valence-corrected chi connectivity index (χ0v) is 27.7. The minimum Gasteiger partial charge on any atom is -0.508 e. The van der Waals surface area contributed by atoms with Crippen LogP contribution in [0.25, 0.3) is 0 Å². The molecule has 0 spiro atoms. The van der Waals surface area contributed by atoms with Crippen LogP contribution in [0.1, 0.15) is 18.4 Å². The third-order valence-electron chi connectivity index (χ3n) is 3.61. The minimum atomic E-state index is -4.96. The van der Waals surface area contributed by atoms with Crippen molar-refractivity contribution in [3.63, 3.8) is 0 Å². The van der Waals surface area contributed by atoms with Crippen molar-refractivity contribution in [3.8, 4) is 17.2 Å². The molecule has 13 heteroatoms. The van der Waals surface area contributed by atoms with Crippen molar-refractivity contribution in [3.05, 3.63) is 54.1 Å². The van der Waals surface area contributed by atoms with Crippen molar-refractivity contribution in [2.24, 2.45) is 0 Å². The van der Waals surface area contributed by atoms with E-state index < -0.39 is 22.7 Å². The zero-order valence-electron chi connectivity index (χ0n) is 16.6. The van der Waals surface area contributed by atoms with Gasteiger partial charge in [-0.2, -0.15) is 8.42 Å². The molecule has 29 heavy (non-hydrogen) atoms. The molecule has 0 aliphatic carbocycles. The summed E-state index contributed by atoms with van der Waals surface area (Å²) in [5, 5.41) is 9.25. The van der Waals surface area contributed by atoms with Crippen LogP contribution in [-0.2, 0) is 21.1 Å². The summed E-state index contributed by atoms with van der Waals surface area (Å²) in [4.78, 5) is 16.0. The zero-order chi connectivity index (χ0) is 19.4. The number of aryl methyl sites for hydroxylation is 1. The molecule has 0 amide bonds. The normalized spacial score (nSPS) is 12.0. The van der Waals surface area contributed by atoms with Gasteiger partial charge < -0.3 is 19.6 Å². The summed E-state index contributed by atoms with van der Waals surface area (Å²) >= 11 is 0. The molecule has 0 heterocycles. The molecule has 3 radical (unpaired) electrons. The first-order valence-corrected chi connectivity index (χ1v) is 10.8. The monoisotopic (exact) mass is 519 g/mol. The van der Waals surface area contributed by atoms with Gasteiger partial charge >= 0.3 is 7.60 Å². The number of aromatic hydroxyl groups is 1. The first-order chi connectivity index (χ1) is 12.1. The molecular weight excluding hydrogens is 501 g/mol. The minimum absolute atomic E-state index is 0. The van der Waals surface area contributed by atoms with Crippen LogP contribution < -0.4 is 4.74 Å². The quantitative estimate of drug-likeness (QED) is 0.235. The maximum Gasteiger partial charge on any atom is 0.346 e. The molecule has 0 aliphatic rings. The first-order valence-electron chi connectivity index (χ1n) is 7.63. The van der Waals surface area contributed by atoms with E-state index in [-0.39, 0.29) is 173 Å². The number of ether oxygens (including phenoxy) is 1. The van der Waals surface area contributed by atoms with E-state index in [1.54, 1.807) is 36.4 Å². The maximum absolute atomic E-state index is 11.2. The summed E-state index contributed by atoms with van der Waals surface area (Å²) in [6.07, 6.45) is 0.128. The van der Waals surface area contributed by atoms with Gasteiger partial charge in [-0.05, 0) is 61.2 Å². The van der Waals surface area contributed by atoms with Gasteiger partial charge in [0.2, 0.25) is 0 Å². The fourth-order valence-corrected chi connectivity index (χ4v) is 4.76. The van der Waals surface area contributed by atoms with Gasteiger partial charge in [-0.1, -0.05) is 12.1 Å². The molecule has 0 saturated heterocycles. The Morgan fingerprint density at radius 3 is 2.07 bits per heavy atom. The van der Waals surface area contributed by atoms with Gasteiger partial charge in [0.15, 0.2) is 4.99 Å². The second kappa shape index (κ2) is 15.8. The van der Waals surface area contributed by atoms with Gasteiger partial charge in [0.1, 0.15) is 17.2 Å². The molecule has 0 saturated carbocycles. The van der Waals surface area contributed by atoms with E-state index in [9.17, 15) is 18.1 Å². The fourth-order valence-electron chi connectivity index (χ4n) is 2.39. The van der Waals surface area contributed by atoms with Crippen LogP contribution >= 0.6 is 7.60 Å². The standard InChI is InChI=1S/C16H19O8PS.3K/c17-13-7-9-14(10-8-13)24-15-5-1-3-12(11-15)4-2-6-16(25(18,19)20)26(21,22)23;;;/h1,3,5,7-11,16-17H,2,4,6H2,(H2,18,19,20)(H,21,22,23);;;. The van der Waals surface area contributed by atoms with Crippen LogP contribution in [0.15, 0.2) is 48.5 Å². The van der Waals surface area contributed by atoms with Crippen molar-refractivity contribution < 1.29 is 37.2 Å². The molecule has 1 unspecified atom stereocenters. The maximum atomic E-state index is 11.2. The van der Waals surface area contributed by atoms with Crippen LogP contribution in [0.4, 0.5) is 0 Å². The molecule has 1 atom stereocenters. The van der Waals surface area contributed by atoms with E-state index in [0.29, 0.717) is 17.9 Å². The number of rotatable bonds is 8. The van der Waals surface area contributed by atoms with Crippen LogP contribution in [0.3, 0.4) is 0 Å². The summed E-state index contributed by atoms with van der Waals surface area (Å²) in [7, 11) is -9.80. The van der Waals surface area contributed by atoms with Gasteiger partial charge in [0.05, 0.1) is 0 Å². The Balaban J connectivity index is 0. The molecule has 0 aliphatic heterocycles. The molecule has 4 N–H and O–H groups in total. The van der Waals surface area contributed by atoms with Crippen molar-refractivity contribution in [2.45, 2.75) is 24.3 Å². The summed E-state index contributed by atoms with van der Waals surface area (Å²) in [6, 6.07) is 13.1. The molecular formula is C16H19K3O8PS. The Kier molecular flexibility index (Phi) is 18.6. The van der Waals surface area contributed by atoms with Crippen LogP contribution in [0, 0.1) is 0 Å². The summed E-state index contributed by atoms with van der Waals surface area (Å²) in [5.74, 6) is 1.16. The molecule has 0 bridgehead atoms. The Labute approximate surface area is 297 Å². The van der Waals surface area contributed by atoms with Gasteiger partial charge in [-0.3, -0.25) is 9.12 Å².